The molecule has 0 atom stereocenters. The lowest BCUT2D eigenvalue weighted by Crippen LogP contribution is -2.21. The van der Waals surface area contributed by atoms with Gasteiger partial charge in [0.25, 0.3) is 5.91 Å². The number of ether oxygens (including phenoxy) is 1. The quantitative estimate of drug-likeness (QED) is 0.549. The third-order valence-corrected chi connectivity index (χ3v) is 4.42. The molecule has 0 unspecified atom stereocenters. The molecular formula is C20H16N4O5. The Bertz CT molecular complexity index is 1330. The normalized spacial score (nSPS) is 10.8. The zero-order chi connectivity index (χ0) is 20.5. The highest BCUT2D eigenvalue weighted by Crippen LogP contribution is 2.21. The van der Waals surface area contributed by atoms with Crippen LogP contribution < -0.4 is 21.5 Å². The van der Waals surface area contributed by atoms with E-state index in [1.807, 2.05) is 0 Å². The van der Waals surface area contributed by atoms with Crippen molar-refractivity contribution in [2.24, 2.45) is 7.05 Å². The van der Waals surface area contributed by atoms with Gasteiger partial charge in [-0.05, 0) is 48.5 Å². The van der Waals surface area contributed by atoms with E-state index in [2.05, 4.69) is 15.3 Å². The molecule has 2 N–H and O–H groups in total. The van der Waals surface area contributed by atoms with Gasteiger partial charge in [-0.15, -0.1) is 0 Å². The number of fused-ring (bicyclic) bond motifs is 1. The maximum absolute atomic E-state index is 12.7. The summed E-state index contributed by atoms with van der Waals surface area (Å²) in [4.78, 5) is 42.6. The van der Waals surface area contributed by atoms with Gasteiger partial charge in [-0.3, -0.25) is 9.36 Å². The number of hydrogen-bond donors (Lipinski definition) is 2. The highest BCUT2D eigenvalue weighted by atomic mass is 16.5. The molecule has 0 aliphatic carbocycles. The molecule has 0 saturated carbocycles. The number of nitrogens with zero attached hydrogens (tertiary/aromatic N) is 2. The van der Waals surface area contributed by atoms with Gasteiger partial charge >= 0.3 is 11.4 Å². The van der Waals surface area contributed by atoms with E-state index in [9.17, 15) is 14.4 Å². The molecule has 4 rings (SSSR count). The molecule has 0 aliphatic rings. The summed E-state index contributed by atoms with van der Waals surface area (Å²) in [5, 5.41) is 2.70. The summed E-state index contributed by atoms with van der Waals surface area (Å²) in [6, 6.07) is 13.3. The zero-order valence-corrected chi connectivity index (χ0v) is 15.6. The molecule has 9 nitrogen and oxygen atoms in total. The average molecular weight is 392 g/mol. The standard InChI is InChI=1S/C20H16N4O5/c1-24-16-9-12(5-8-17(16)29-20(24)27)21-18(25)15-10-14(22-19(26)23-15)11-3-6-13(28-2)7-4-11/h3-10H,1-2H3,(H,21,25)(H,22,23,26). The molecular weight excluding hydrogens is 376 g/mol. The minimum absolute atomic E-state index is 0.0528. The Labute approximate surface area is 163 Å². The molecule has 2 aromatic carbocycles. The van der Waals surface area contributed by atoms with Gasteiger partial charge in [-0.1, -0.05) is 0 Å². The predicted octanol–water partition coefficient (Wildman–Crippen LogP) is 2.14. The number of benzene rings is 2. The van der Waals surface area contributed by atoms with E-state index in [1.54, 1.807) is 56.6 Å². The van der Waals surface area contributed by atoms with Crippen LogP contribution >= 0.6 is 0 Å². The summed E-state index contributed by atoms with van der Waals surface area (Å²) >= 11 is 0. The number of nitrogens with one attached hydrogen (secondary N) is 2. The van der Waals surface area contributed by atoms with Crippen LogP contribution in [0.25, 0.3) is 22.4 Å². The van der Waals surface area contributed by atoms with Crippen LogP contribution in [-0.2, 0) is 7.05 Å². The third-order valence-electron chi connectivity index (χ3n) is 4.42. The molecule has 29 heavy (non-hydrogen) atoms. The van der Waals surface area contributed by atoms with E-state index >= 15 is 0 Å². The van der Waals surface area contributed by atoms with Gasteiger partial charge in [0, 0.05) is 18.3 Å². The van der Waals surface area contributed by atoms with Crippen LogP contribution in [0.1, 0.15) is 10.5 Å². The fourth-order valence-corrected chi connectivity index (χ4v) is 2.89. The Morgan fingerprint density at radius 1 is 1.14 bits per heavy atom. The summed E-state index contributed by atoms with van der Waals surface area (Å²) in [6.07, 6.45) is 0. The summed E-state index contributed by atoms with van der Waals surface area (Å²) in [6.45, 7) is 0. The Morgan fingerprint density at radius 3 is 2.62 bits per heavy atom. The van der Waals surface area contributed by atoms with E-state index in [4.69, 9.17) is 9.15 Å². The van der Waals surface area contributed by atoms with Crippen molar-refractivity contribution >= 4 is 22.7 Å². The van der Waals surface area contributed by atoms with Crippen LogP contribution in [0.2, 0.25) is 0 Å². The maximum atomic E-state index is 12.7. The predicted molar refractivity (Wildman–Crippen MR) is 106 cm³/mol. The first-order valence-corrected chi connectivity index (χ1v) is 8.61. The second-order valence-electron chi connectivity index (χ2n) is 6.28. The van der Waals surface area contributed by atoms with Crippen molar-refractivity contribution in [2.75, 3.05) is 12.4 Å². The van der Waals surface area contributed by atoms with Crippen LogP contribution in [0.3, 0.4) is 0 Å². The van der Waals surface area contributed by atoms with Crippen molar-refractivity contribution in [3.63, 3.8) is 0 Å². The molecule has 0 bridgehead atoms. The fraction of sp³-hybridized carbons (Fsp3) is 0.100. The minimum Gasteiger partial charge on any atom is -0.497 e. The second kappa shape index (κ2) is 7.12. The number of hydrogen-bond acceptors (Lipinski definition) is 6. The van der Waals surface area contributed by atoms with Crippen molar-refractivity contribution < 1.29 is 13.9 Å². The van der Waals surface area contributed by atoms with Crippen molar-refractivity contribution in [3.8, 4) is 17.0 Å². The average Bonchev–Trinajstić information content (AvgIpc) is 3.01. The molecule has 2 aromatic heterocycles. The molecule has 0 saturated heterocycles. The highest BCUT2D eigenvalue weighted by molar-refractivity contribution is 6.04. The lowest BCUT2D eigenvalue weighted by molar-refractivity contribution is 0.102. The molecule has 146 valence electrons. The van der Waals surface area contributed by atoms with E-state index in [0.29, 0.717) is 33.8 Å². The van der Waals surface area contributed by atoms with Crippen LogP contribution in [0.15, 0.2) is 62.5 Å². The number of methoxy groups -OCH3 is 1. The van der Waals surface area contributed by atoms with Crippen LogP contribution in [0.5, 0.6) is 5.75 Å². The van der Waals surface area contributed by atoms with Gasteiger partial charge in [0.1, 0.15) is 11.4 Å². The minimum atomic E-state index is -0.642. The van der Waals surface area contributed by atoms with E-state index in [-0.39, 0.29) is 5.69 Å². The second-order valence-corrected chi connectivity index (χ2v) is 6.28. The number of aryl methyl sites for hydroxylation is 1. The molecule has 2 heterocycles. The number of carbonyl (C=O) groups excluding carboxylic acids is 1. The van der Waals surface area contributed by atoms with Gasteiger partial charge in [-0.2, -0.15) is 4.98 Å². The topological polar surface area (TPSA) is 119 Å². The van der Waals surface area contributed by atoms with Crippen LogP contribution in [-0.4, -0.2) is 27.6 Å². The van der Waals surface area contributed by atoms with Crippen molar-refractivity contribution in [1.29, 1.82) is 0 Å². The van der Waals surface area contributed by atoms with E-state index in [1.165, 1.54) is 10.6 Å². The molecule has 0 aliphatic heterocycles. The molecule has 1 amide bonds. The van der Waals surface area contributed by atoms with Crippen molar-refractivity contribution in [2.45, 2.75) is 0 Å². The van der Waals surface area contributed by atoms with Gasteiger partial charge in [-0.25, -0.2) is 9.59 Å². The van der Waals surface area contributed by atoms with Gasteiger partial charge < -0.3 is 19.5 Å². The number of anilines is 1. The van der Waals surface area contributed by atoms with Gasteiger partial charge in [0.2, 0.25) is 0 Å². The molecule has 4 aromatic rings. The summed E-state index contributed by atoms with van der Waals surface area (Å²) in [5.74, 6) is -0.348. The largest absolute Gasteiger partial charge is 0.497 e. The monoisotopic (exact) mass is 392 g/mol. The third kappa shape index (κ3) is 3.53. The van der Waals surface area contributed by atoms with Crippen molar-refractivity contribution in [1.82, 2.24) is 14.5 Å². The maximum Gasteiger partial charge on any atom is 0.419 e. The molecule has 9 heteroatoms. The Balaban J connectivity index is 1.64. The summed E-state index contributed by atoms with van der Waals surface area (Å²) in [5.41, 5.74) is 1.83. The van der Waals surface area contributed by atoms with Crippen LogP contribution in [0, 0.1) is 0 Å². The Kier molecular flexibility index (Phi) is 4.47. The van der Waals surface area contributed by atoms with E-state index in [0.717, 1.165) is 0 Å². The molecule has 0 fully saturated rings. The first-order chi connectivity index (χ1) is 13.9. The Hall–Kier alpha value is -4.14. The Morgan fingerprint density at radius 2 is 1.90 bits per heavy atom. The molecule has 0 spiro atoms. The number of aromatic nitrogens is 3. The number of rotatable bonds is 4. The lowest BCUT2D eigenvalue weighted by Gasteiger charge is -2.07. The number of H-pyrrole nitrogens is 1. The number of oxazole rings is 1. The highest BCUT2D eigenvalue weighted by Gasteiger charge is 2.13. The fourth-order valence-electron chi connectivity index (χ4n) is 2.89. The molecule has 0 radical (unpaired) electrons. The number of amides is 1. The summed E-state index contributed by atoms with van der Waals surface area (Å²) in [7, 11) is 3.13. The van der Waals surface area contributed by atoms with Crippen molar-refractivity contribution in [3.05, 3.63) is 75.3 Å². The first kappa shape index (κ1) is 18.2. The van der Waals surface area contributed by atoms with Crippen LogP contribution in [0.4, 0.5) is 5.69 Å². The van der Waals surface area contributed by atoms with Gasteiger partial charge in [0.15, 0.2) is 5.58 Å². The van der Waals surface area contributed by atoms with Gasteiger partial charge in [0.05, 0.1) is 18.3 Å². The SMILES string of the molecule is COc1ccc(-c2cc(C(=O)Nc3ccc4oc(=O)n(C)c4c3)[nH]c(=O)n2)cc1. The number of carbonyl (C=O) groups is 1. The first-order valence-electron chi connectivity index (χ1n) is 8.61. The smallest absolute Gasteiger partial charge is 0.419 e. The summed E-state index contributed by atoms with van der Waals surface area (Å²) < 4.78 is 11.5. The lowest BCUT2D eigenvalue weighted by atomic mass is 10.1. The number of aromatic amines is 1. The zero-order valence-electron chi connectivity index (χ0n) is 15.6. The van der Waals surface area contributed by atoms with E-state index < -0.39 is 17.4 Å².